The zero-order valence-electron chi connectivity index (χ0n) is 17.2. The molecule has 1 aliphatic heterocycles. The van der Waals surface area contributed by atoms with E-state index in [-0.39, 0.29) is 5.75 Å². The third-order valence-corrected chi connectivity index (χ3v) is 5.13. The van der Waals surface area contributed by atoms with Crippen LogP contribution >= 0.6 is 0 Å². The van der Waals surface area contributed by atoms with Crippen LogP contribution in [0.15, 0.2) is 65.8 Å². The standard InChI is InChI=1S/C23H25F2N3O2/c1-15-13-19(10-11-20(15)30-21(24)25)23(16(2)28(3)22(26)27-23)18-9-5-7-17(14-18)8-6-12-29-4/h5-11,13-14,21H,2,12H2,1,3-4H3,(H2,26,27)/b8-6+. The van der Waals surface area contributed by atoms with Crippen molar-refractivity contribution in [3.05, 3.63) is 83.1 Å². The molecule has 1 aliphatic rings. The van der Waals surface area contributed by atoms with Crippen LogP contribution in [-0.4, -0.2) is 38.2 Å². The minimum Gasteiger partial charge on any atom is -0.435 e. The number of hydrogen-bond donors (Lipinski definition) is 1. The van der Waals surface area contributed by atoms with Gasteiger partial charge in [0.25, 0.3) is 0 Å². The van der Waals surface area contributed by atoms with Crippen LogP contribution in [0.3, 0.4) is 0 Å². The van der Waals surface area contributed by atoms with Crippen molar-refractivity contribution < 1.29 is 18.3 Å². The Morgan fingerprint density at radius 1 is 1.23 bits per heavy atom. The quantitative estimate of drug-likeness (QED) is 0.736. The fraction of sp³-hybridized carbons (Fsp3) is 0.261. The van der Waals surface area contributed by atoms with Crippen molar-refractivity contribution in [1.82, 2.24) is 4.90 Å². The molecule has 1 atom stereocenters. The normalized spacial score (nSPS) is 19.1. The summed E-state index contributed by atoms with van der Waals surface area (Å²) in [6, 6.07) is 12.9. The third kappa shape index (κ3) is 3.93. The number of ether oxygens (including phenoxy) is 2. The summed E-state index contributed by atoms with van der Waals surface area (Å²) in [5, 5.41) is 0. The highest BCUT2D eigenvalue weighted by Crippen LogP contribution is 2.45. The fourth-order valence-corrected chi connectivity index (χ4v) is 3.57. The number of aryl methyl sites for hydroxylation is 1. The molecule has 0 saturated heterocycles. The molecule has 0 fully saturated rings. The molecule has 0 saturated carbocycles. The van der Waals surface area contributed by atoms with Crippen molar-refractivity contribution in [3.63, 3.8) is 0 Å². The molecule has 0 radical (unpaired) electrons. The minimum atomic E-state index is -2.89. The first-order valence-electron chi connectivity index (χ1n) is 9.40. The van der Waals surface area contributed by atoms with Crippen LogP contribution < -0.4 is 10.5 Å². The van der Waals surface area contributed by atoms with Gasteiger partial charge < -0.3 is 20.1 Å². The summed E-state index contributed by atoms with van der Waals surface area (Å²) in [4.78, 5) is 6.50. The molecule has 5 nitrogen and oxygen atoms in total. The van der Waals surface area contributed by atoms with Crippen LogP contribution in [0.5, 0.6) is 5.75 Å². The fourth-order valence-electron chi connectivity index (χ4n) is 3.57. The highest BCUT2D eigenvalue weighted by atomic mass is 19.3. The predicted octanol–water partition coefficient (Wildman–Crippen LogP) is 4.27. The number of benzene rings is 2. The van der Waals surface area contributed by atoms with Crippen molar-refractivity contribution in [2.75, 3.05) is 20.8 Å². The highest BCUT2D eigenvalue weighted by Gasteiger charge is 2.44. The molecule has 2 N–H and O–H groups in total. The average Bonchev–Trinajstić information content (AvgIpc) is 2.94. The van der Waals surface area contributed by atoms with Gasteiger partial charge in [-0.05, 0) is 47.4 Å². The molecular formula is C23H25F2N3O2. The second kappa shape index (κ2) is 8.67. The molecule has 0 bridgehead atoms. The van der Waals surface area contributed by atoms with Crippen LogP contribution in [0.1, 0.15) is 22.3 Å². The Morgan fingerprint density at radius 3 is 2.57 bits per heavy atom. The zero-order chi connectivity index (χ0) is 21.9. The lowest BCUT2D eigenvalue weighted by molar-refractivity contribution is -0.0503. The van der Waals surface area contributed by atoms with E-state index >= 15 is 0 Å². The van der Waals surface area contributed by atoms with Crippen LogP contribution in [0, 0.1) is 6.92 Å². The van der Waals surface area contributed by atoms with Gasteiger partial charge in [0.15, 0.2) is 11.5 Å². The van der Waals surface area contributed by atoms with Gasteiger partial charge in [-0.15, -0.1) is 0 Å². The Morgan fingerprint density at radius 2 is 1.97 bits per heavy atom. The molecule has 3 rings (SSSR count). The number of nitrogens with zero attached hydrogens (tertiary/aromatic N) is 2. The van der Waals surface area contributed by atoms with E-state index in [0.29, 0.717) is 23.8 Å². The van der Waals surface area contributed by atoms with Crippen LogP contribution in [0.4, 0.5) is 8.78 Å². The first kappa shape index (κ1) is 21.5. The minimum absolute atomic E-state index is 0.120. The Kier molecular flexibility index (Phi) is 6.22. The van der Waals surface area contributed by atoms with Crippen molar-refractivity contribution in [1.29, 1.82) is 0 Å². The molecule has 30 heavy (non-hydrogen) atoms. The molecule has 0 amide bonds. The maximum absolute atomic E-state index is 12.7. The highest BCUT2D eigenvalue weighted by molar-refractivity contribution is 5.85. The maximum atomic E-state index is 12.7. The summed E-state index contributed by atoms with van der Waals surface area (Å²) in [5.74, 6) is 0.444. The molecular weight excluding hydrogens is 388 g/mol. The third-order valence-electron chi connectivity index (χ3n) is 5.13. The summed E-state index contributed by atoms with van der Waals surface area (Å²) in [7, 11) is 3.43. The predicted molar refractivity (Wildman–Crippen MR) is 114 cm³/mol. The zero-order valence-corrected chi connectivity index (χ0v) is 17.2. The van der Waals surface area contributed by atoms with Crippen LogP contribution in [-0.2, 0) is 10.3 Å². The maximum Gasteiger partial charge on any atom is 0.387 e. The Bertz CT molecular complexity index is 1000. The van der Waals surface area contributed by atoms with Gasteiger partial charge in [-0.3, -0.25) is 0 Å². The number of likely N-dealkylation sites (N-methyl/N-ethyl adjacent to an activating group) is 1. The van der Waals surface area contributed by atoms with Gasteiger partial charge in [-0.2, -0.15) is 8.78 Å². The number of methoxy groups -OCH3 is 1. The summed E-state index contributed by atoms with van der Waals surface area (Å²) >= 11 is 0. The first-order valence-corrected chi connectivity index (χ1v) is 9.40. The largest absolute Gasteiger partial charge is 0.435 e. The van der Waals surface area contributed by atoms with Gasteiger partial charge in [0.1, 0.15) is 5.75 Å². The molecule has 2 aromatic carbocycles. The lowest BCUT2D eigenvalue weighted by atomic mass is 9.80. The van der Waals surface area contributed by atoms with Gasteiger partial charge in [0.05, 0.1) is 12.3 Å². The number of nitrogens with two attached hydrogens (primary N) is 1. The molecule has 0 aliphatic carbocycles. The van der Waals surface area contributed by atoms with Crippen molar-refractivity contribution >= 4 is 12.0 Å². The molecule has 2 aromatic rings. The van der Waals surface area contributed by atoms with E-state index in [9.17, 15) is 8.78 Å². The molecule has 0 aromatic heterocycles. The van der Waals surface area contributed by atoms with E-state index in [1.165, 1.54) is 6.07 Å². The molecule has 0 spiro atoms. The van der Waals surface area contributed by atoms with E-state index < -0.39 is 12.2 Å². The van der Waals surface area contributed by atoms with E-state index in [1.807, 2.05) is 36.4 Å². The van der Waals surface area contributed by atoms with Gasteiger partial charge in [0.2, 0.25) is 0 Å². The number of halogens is 2. The number of hydrogen-bond acceptors (Lipinski definition) is 5. The van der Waals surface area contributed by atoms with Gasteiger partial charge in [-0.1, -0.05) is 43.0 Å². The van der Waals surface area contributed by atoms with Crippen molar-refractivity contribution in [3.8, 4) is 5.75 Å². The molecule has 1 heterocycles. The Labute approximate surface area is 175 Å². The van der Waals surface area contributed by atoms with E-state index in [2.05, 4.69) is 11.3 Å². The SMILES string of the molecule is C=C1N(C)C(N)=NC1(c1cccc(/C=C/COC)c1)c1ccc(OC(F)F)c(C)c1. The topological polar surface area (TPSA) is 60.1 Å². The monoisotopic (exact) mass is 413 g/mol. The molecule has 1 unspecified atom stereocenters. The van der Waals surface area contributed by atoms with E-state index in [1.54, 1.807) is 38.1 Å². The summed E-state index contributed by atoms with van der Waals surface area (Å²) in [5.41, 5.74) is 9.00. The lowest BCUT2D eigenvalue weighted by Crippen LogP contribution is -2.32. The van der Waals surface area contributed by atoms with E-state index in [0.717, 1.165) is 16.7 Å². The summed E-state index contributed by atoms with van der Waals surface area (Å²) in [6.45, 7) is 3.57. The Hall–Kier alpha value is -3.19. The van der Waals surface area contributed by atoms with Crippen LogP contribution in [0.2, 0.25) is 0 Å². The van der Waals surface area contributed by atoms with Crippen LogP contribution in [0.25, 0.3) is 6.08 Å². The average molecular weight is 413 g/mol. The Balaban J connectivity index is 2.15. The summed E-state index contributed by atoms with van der Waals surface area (Å²) in [6.07, 6.45) is 3.87. The second-order valence-electron chi connectivity index (χ2n) is 7.03. The van der Waals surface area contributed by atoms with Gasteiger partial charge >= 0.3 is 6.61 Å². The van der Waals surface area contributed by atoms with E-state index in [4.69, 9.17) is 15.5 Å². The van der Waals surface area contributed by atoms with Gasteiger partial charge in [-0.25, -0.2) is 4.99 Å². The summed E-state index contributed by atoms with van der Waals surface area (Å²) < 4.78 is 35.0. The molecule has 158 valence electrons. The molecule has 7 heteroatoms. The van der Waals surface area contributed by atoms with Crippen molar-refractivity contribution in [2.24, 2.45) is 10.7 Å². The smallest absolute Gasteiger partial charge is 0.387 e. The van der Waals surface area contributed by atoms with Gasteiger partial charge in [0, 0.05) is 14.2 Å². The number of rotatable bonds is 7. The number of guanidine groups is 1. The second-order valence-corrected chi connectivity index (χ2v) is 7.03. The number of aliphatic imine (C=N–C) groups is 1. The first-order chi connectivity index (χ1) is 14.3. The number of alkyl halides is 2. The lowest BCUT2D eigenvalue weighted by Gasteiger charge is -2.31. The van der Waals surface area contributed by atoms with Crippen molar-refractivity contribution in [2.45, 2.75) is 19.1 Å².